The zero-order valence-electron chi connectivity index (χ0n) is 9.72. The summed E-state index contributed by atoms with van der Waals surface area (Å²) in [6, 6.07) is 4.96. The number of hydrogen-bond donors (Lipinski definition) is 2. The Bertz CT molecular complexity index is 491. The molecule has 0 amide bonds. The summed E-state index contributed by atoms with van der Waals surface area (Å²) in [4.78, 5) is 14.0. The van der Waals surface area contributed by atoms with Crippen molar-refractivity contribution in [2.45, 2.75) is 18.9 Å². The molecule has 0 spiro atoms. The normalized spacial score (nSPS) is 18.3. The second-order valence-electron chi connectivity index (χ2n) is 4.11. The second-order valence-corrected chi connectivity index (χ2v) is 4.11. The van der Waals surface area contributed by atoms with Crippen LogP contribution in [0.1, 0.15) is 18.5 Å². The molecule has 1 fully saturated rings. The molecule has 94 valence electrons. The van der Waals surface area contributed by atoms with Crippen LogP contribution in [0.5, 0.6) is 0 Å². The van der Waals surface area contributed by atoms with Gasteiger partial charge in [-0.25, -0.2) is 4.98 Å². The molecule has 1 aromatic heterocycles. The summed E-state index contributed by atoms with van der Waals surface area (Å²) in [7, 11) is 0. The van der Waals surface area contributed by atoms with E-state index in [1.54, 1.807) is 6.07 Å². The van der Waals surface area contributed by atoms with Crippen molar-refractivity contribution in [3.63, 3.8) is 0 Å². The largest absolute Gasteiger partial charge is 0.368 e. The zero-order valence-corrected chi connectivity index (χ0v) is 9.72. The third kappa shape index (κ3) is 2.73. The Labute approximate surface area is 104 Å². The average Bonchev–Trinajstić information content (AvgIpc) is 2.88. The molecule has 0 aromatic carbocycles. The van der Waals surface area contributed by atoms with Crippen LogP contribution in [0, 0.1) is 21.4 Å². The molecular formula is C11H13N5O2. The van der Waals surface area contributed by atoms with E-state index in [-0.39, 0.29) is 11.4 Å². The number of nitro groups is 1. The molecule has 0 bridgehead atoms. The van der Waals surface area contributed by atoms with Crippen LogP contribution in [0.2, 0.25) is 0 Å². The summed E-state index contributed by atoms with van der Waals surface area (Å²) in [5, 5.41) is 25.9. The molecule has 0 saturated carbocycles. The molecule has 18 heavy (non-hydrogen) atoms. The van der Waals surface area contributed by atoms with Gasteiger partial charge in [-0.05, 0) is 25.5 Å². The van der Waals surface area contributed by atoms with E-state index in [1.807, 2.05) is 0 Å². The smallest absolute Gasteiger partial charge is 0.305 e. The Morgan fingerprint density at radius 1 is 1.67 bits per heavy atom. The Hall–Kier alpha value is -2.20. The topological polar surface area (TPSA) is 104 Å². The maximum atomic E-state index is 10.6. The molecule has 7 heteroatoms. The summed E-state index contributed by atoms with van der Waals surface area (Å²) in [5.74, 6) is 0.492. The maximum Gasteiger partial charge on any atom is 0.305 e. The van der Waals surface area contributed by atoms with Crippen LogP contribution in [0.15, 0.2) is 12.1 Å². The van der Waals surface area contributed by atoms with E-state index in [0.29, 0.717) is 18.4 Å². The third-order valence-corrected chi connectivity index (χ3v) is 2.87. The van der Waals surface area contributed by atoms with Gasteiger partial charge in [-0.2, -0.15) is 5.26 Å². The number of aromatic nitrogens is 1. The number of nitrogens with zero attached hydrogens (tertiary/aromatic N) is 3. The lowest BCUT2D eigenvalue weighted by molar-refractivity contribution is -0.385. The maximum absolute atomic E-state index is 10.6. The van der Waals surface area contributed by atoms with E-state index >= 15 is 0 Å². The van der Waals surface area contributed by atoms with Gasteiger partial charge in [0.2, 0.25) is 5.69 Å². The summed E-state index contributed by atoms with van der Waals surface area (Å²) in [6.07, 6.45) is 2.26. The van der Waals surface area contributed by atoms with Gasteiger partial charge in [-0.15, -0.1) is 0 Å². The van der Waals surface area contributed by atoms with E-state index < -0.39 is 4.92 Å². The fourth-order valence-electron chi connectivity index (χ4n) is 1.94. The first-order valence-electron chi connectivity index (χ1n) is 5.73. The van der Waals surface area contributed by atoms with Gasteiger partial charge in [0, 0.05) is 18.7 Å². The highest BCUT2D eigenvalue weighted by atomic mass is 16.6. The molecule has 1 aromatic rings. The third-order valence-electron chi connectivity index (χ3n) is 2.87. The van der Waals surface area contributed by atoms with Crippen molar-refractivity contribution in [1.29, 1.82) is 5.26 Å². The minimum Gasteiger partial charge on any atom is -0.368 e. The molecule has 2 rings (SSSR count). The van der Waals surface area contributed by atoms with Gasteiger partial charge in [0.05, 0.1) is 4.92 Å². The molecule has 1 saturated heterocycles. The molecule has 2 heterocycles. The van der Waals surface area contributed by atoms with Gasteiger partial charge in [0.1, 0.15) is 11.9 Å². The predicted octanol–water partition coefficient (Wildman–Crippen LogP) is 1.03. The van der Waals surface area contributed by atoms with Crippen molar-refractivity contribution in [3.8, 4) is 6.07 Å². The van der Waals surface area contributed by atoms with Crippen LogP contribution >= 0.6 is 0 Å². The van der Waals surface area contributed by atoms with Crippen molar-refractivity contribution in [2.75, 3.05) is 18.4 Å². The fraction of sp³-hybridized carbons (Fsp3) is 0.455. The van der Waals surface area contributed by atoms with Gasteiger partial charge in [-0.1, -0.05) is 0 Å². The number of hydrogen-bond acceptors (Lipinski definition) is 6. The van der Waals surface area contributed by atoms with Gasteiger partial charge >= 0.3 is 5.69 Å². The Balaban J connectivity index is 2.05. The predicted molar refractivity (Wildman–Crippen MR) is 65.1 cm³/mol. The lowest BCUT2D eigenvalue weighted by atomic mass is 10.2. The van der Waals surface area contributed by atoms with E-state index in [0.717, 1.165) is 19.4 Å². The van der Waals surface area contributed by atoms with Crippen LogP contribution in [-0.2, 0) is 0 Å². The van der Waals surface area contributed by atoms with Gasteiger partial charge in [0.15, 0.2) is 0 Å². The summed E-state index contributed by atoms with van der Waals surface area (Å²) in [6.45, 7) is 1.72. The first kappa shape index (κ1) is 12.3. The van der Waals surface area contributed by atoms with E-state index in [9.17, 15) is 10.1 Å². The van der Waals surface area contributed by atoms with Crippen LogP contribution in [-0.4, -0.2) is 29.0 Å². The number of nitriles is 1. The minimum atomic E-state index is -0.603. The lowest BCUT2D eigenvalue weighted by Gasteiger charge is -2.11. The van der Waals surface area contributed by atoms with E-state index in [1.165, 1.54) is 12.1 Å². The molecule has 7 nitrogen and oxygen atoms in total. The molecule has 1 aliphatic rings. The Kier molecular flexibility index (Phi) is 3.69. The SMILES string of the molecule is N#Cc1nc(NCC2CCCN2)ccc1[N+](=O)[O-]. The van der Waals surface area contributed by atoms with Crippen molar-refractivity contribution < 1.29 is 4.92 Å². The molecule has 2 N–H and O–H groups in total. The second kappa shape index (κ2) is 5.42. The number of pyridine rings is 1. The van der Waals surface area contributed by atoms with Crippen LogP contribution in [0.4, 0.5) is 11.5 Å². The molecule has 0 aliphatic carbocycles. The monoisotopic (exact) mass is 247 g/mol. The van der Waals surface area contributed by atoms with Gasteiger partial charge in [0.25, 0.3) is 0 Å². The average molecular weight is 247 g/mol. The number of rotatable bonds is 4. The zero-order chi connectivity index (χ0) is 13.0. The Morgan fingerprint density at radius 2 is 2.50 bits per heavy atom. The highest BCUT2D eigenvalue weighted by Gasteiger charge is 2.17. The molecule has 1 atom stereocenters. The van der Waals surface area contributed by atoms with Crippen LogP contribution in [0.3, 0.4) is 0 Å². The standard InChI is InChI=1S/C11H13N5O2/c12-6-9-10(16(17)18)3-4-11(15-9)14-7-8-2-1-5-13-8/h3-4,8,13H,1-2,5,7H2,(H,14,15). The van der Waals surface area contributed by atoms with Crippen LogP contribution in [0.25, 0.3) is 0 Å². The van der Waals surface area contributed by atoms with Gasteiger partial charge in [-0.3, -0.25) is 10.1 Å². The van der Waals surface area contributed by atoms with Crippen molar-refractivity contribution in [1.82, 2.24) is 10.3 Å². The first-order chi connectivity index (χ1) is 8.70. The first-order valence-corrected chi connectivity index (χ1v) is 5.73. The Morgan fingerprint density at radius 3 is 3.11 bits per heavy atom. The lowest BCUT2D eigenvalue weighted by Crippen LogP contribution is -2.29. The molecule has 0 radical (unpaired) electrons. The minimum absolute atomic E-state index is 0.163. The van der Waals surface area contributed by atoms with E-state index in [4.69, 9.17) is 5.26 Å². The van der Waals surface area contributed by atoms with Crippen molar-refractivity contribution in [3.05, 3.63) is 27.9 Å². The molecular weight excluding hydrogens is 234 g/mol. The summed E-state index contributed by atoms with van der Waals surface area (Å²) >= 11 is 0. The fourth-order valence-corrected chi connectivity index (χ4v) is 1.94. The highest BCUT2D eigenvalue weighted by Crippen LogP contribution is 2.18. The number of nitrogens with one attached hydrogen (secondary N) is 2. The van der Waals surface area contributed by atoms with Crippen LogP contribution < -0.4 is 10.6 Å². The molecule has 1 aliphatic heterocycles. The van der Waals surface area contributed by atoms with Crippen molar-refractivity contribution in [2.24, 2.45) is 0 Å². The summed E-state index contributed by atoms with van der Waals surface area (Å²) < 4.78 is 0. The van der Waals surface area contributed by atoms with E-state index in [2.05, 4.69) is 15.6 Å². The van der Waals surface area contributed by atoms with Gasteiger partial charge < -0.3 is 10.6 Å². The number of anilines is 1. The summed E-state index contributed by atoms with van der Waals surface area (Å²) in [5.41, 5.74) is -0.425. The molecule has 1 unspecified atom stereocenters. The highest BCUT2D eigenvalue weighted by molar-refractivity contribution is 5.50. The quantitative estimate of drug-likeness (QED) is 0.608. The van der Waals surface area contributed by atoms with Crippen molar-refractivity contribution >= 4 is 11.5 Å².